The van der Waals surface area contributed by atoms with Gasteiger partial charge in [-0.25, -0.2) is 0 Å². The maximum atomic E-state index is 5.95. The molecule has 1 aromatic carbocycles. The van der Waals surface area contributed by atoms with E-state index in [1.165, 1.54) is 37.9 Å². The summed E-state index contributed by atoms with van der Waals surface area (Å²) < 4.78 is 0. The van der Waals surface area contributed by atoms with Gasteiger partial charge in [0, 0.05) is 17.6 Å². The number of hydrogen-bond acceptors (Lipinski definition) is 1. The lowest BCUT2D eigenvalue weighted by molar-refractivity contribution is 0.126. The first-order valence-electron chi connectivity index (χ1n) is 6.70. The Balaban J connectivity index is 2.12. The van der Waals surface area contributed by atoms with Crippen molar-refractivity contribution in [1.29, 1.82) is 0 Å². The van der Waals surface area contributed by atoms with Crippen LogP contribution >= 0.6 is 11.6 Å². The van der Waals surface area contributed by atoms with Gasteiger partial charge in [0.05, 0.1) is 0 Å². The van der Waals surface area contributed by atoms with Gasteiger partial charge in [0.1, 0.15) is 0 Å². The fourth-order valence-corrected chi connectivity index (χ4v) is 3.02. The van der Waals surface area contributed by atoms with Crippen LogP contribution in [0.5, 0.6) is 0 Å². The molecule has 1 fully saturated rings. The number of piperidine rings is 1. The Kier molecular flexibility index (Phi) is 4.47. The van der Waals surface area contributed by atoms with Crippen molar-refractivity contribution in [3.05, 3.63) is 34.9 Å². The van der Waals surface area contributed by atoms with Crippen LogP contribution < -0.4 is 0 Å². The molecule has 0 bridgehead atoms. The van der Waals surface area contributed by atoms with Crippen LogP contribution in [-0.4, -0.2) is 18.0 Å². The highest BCUT2D eigenvalue weighted by molar-refractivity contribution is 6.30. The molecule has 0 N–H and O–H groups in total. The molecule has 1 aliphatic rings. The molecule has 0 saturated carbocycles. The van der Waals surface area contributed by atoms with Crippen molar-refractivity contribution in [1.82, 2.24) is 4.90 Å². The smallest absolute Gasteiger partial charge is 0.0406 e. The lowest BCUT2D eigenvalue weighted by atomic mass is 9.95. The van der Waals surface area contributed by atoms with Crippen molar-refractivity contribution < 1.29 is 0 Å². The van der Waals surface area contributed by atoms with Gasteiger partial charge in [0.15, 0.2) is 0 Å². The summed E-state index contributed by atoms with van der Waals surface area (Å²) in [4.78, 5) is 2.64. The molecule has 2 heteroatoms. The standard InChI is InChI=1S/C15H22ClN/c1-3-15(13-6-8-14(16)9-7-13)17-10-4-5-12(2)11-17/h6-9,12,15H,3-5,10-11H2,1-2H3/t12-,15-/m0/s1. The predicted molar refractivity (Wildman–Crippen MR) is 74.5 cm³/mol. The molecule has 0 aliphatic carbocycles. The van der Waals surface area contributed by atoms with E-state index in [0.717, 1.165) is 10.9 Å². The van der Waals surface area contributed by atoms with Gasteiger partial charge < -0.3 is 0 Å². The third-order valence-corrected chi connectivity index (χ3v) is 4.02. The Labute approximate surface area is 110 Å². The SMILES string of the molecule is CC[C@@H](c1ccc(Cl)cc1)N1CCC[C@H](C)C1. The summed E-state index contributed by atoms with van der Waals surface area (Å²) in [7, 11) is 0. The molecule has 2 atom stereocenters. The number of likely N-dealkylation sites (tertiary alicyclic amines) is 1. The van der Waals surface area contributed by atoms with Crippen LogP contribution in [0.4, 0.5) is 0 Å². The Morgan fingerprint density at radius 1 is 1.35 bits per heavy atom. The van der Waals surface area contributed by atoms with Gasteiger partial charge in [-0.1, -0.05) is 37.6 Å². The Hall–Kier alpha value is -0.530. The molecule has 1 aromatic rings. The number of halogens is 1. The minimum atomic E-state index is 0.565. The summed E-state index contributed by atoms with van der Waals surface area (Å²) in [6.45, 7) is 7.12. The maximum Gasteiger partial charge on any atom is 0.0406 e. The number of rotatable bonds is 3. The van der Waals surface area contributed by atoms with Gasteiger partial charge in [0.2, 0.25) is 0 Å². The average molecular weight is 252 g/mol. The van der Waals surface area contributed by atoms with Crippen LogP contribution in [0.25, 0.3) is 0 Å². The van der Waals surface area contributed by atoms with E-state index in [1.807, 2.05) is 12.1 Å². The molecule has 1 nitrogen and oxygen atoms in total. The van der Waals surface area contributed by atoms with Crippen LogP contribution in [0.1, 0.15) is 44.7 Å². The van der Waals surface area contributed by atoms with Gasteiger partial charge >= 0.3 is 0 Å². The molecule has 0 aromatic heterocycles. The lowest BCUT2D eigenvalue weighted by Gasteiger charge is -2.37. The summed E-state index contributed by atoms with van der Waals surface area (Å²) in [5.74, 6) is 0.838. The van der Waals surface area contributed by atoms with Crippen LogP contribution in [0.15, 0.2) is 24.3 Å². The maximum absolute atomic E-state index is 5.95. The largest absolute Gasteiger partial charge is 0.296 e. The number of benzene rings is 1. The van der Waals surface area contributed by atoms with E-state index in [2.05, 4.69) is 30.9 Å². The topological polar surface area (TPSA) is 3.24 Å². The molecule has 1 aliphatic heterocycles. The van der Waals surface area contributed by atoms with E-state index >= 15 is 0 Å². The quantitative estimate of drug-likeness (QED) is 0.763. The van der Waals surface area contributed by atoms with E-state index in [1.54, 1.807) is 0 Å². The predicted octanol–water partition coefficient (Wildman–Crippen LogP) is 4.52. The summed E-state index contributed by atoms with van der Waals surface area (Å²) in [6, 6.07) is 8.93. The van der Waals surface area contributed by atoms with Gasteiger partial charge in [-0.2, -0.15) is 0 Å². The molecule has 1 saturated heterocycles. The van der Waals surface area contributed by atoms with Crippen LogP contribution in [0.3, 0.4) is 0 Å². The third-order valence-electron chi connectivity index (χ3n) is 3.77. The highest BCUT2D eigenvalue weighted by atomic mass is 35.5. The first-order chi connectivity index (χ1) is 8.20. The normalized spacial score (nSPS) is 23.6. The monoisotopic (exact) mass is 251 g/mol. The van der Waals surface area contributed by atoms with Crippen LogP contribution in [-0.2, 0) is 0 Å². The highest BCUT2D eigenvalue weighted by Gasteiger charge is 2.23. The summed E-state index contributed by atoms with van der Waals surface area (Å²) in [5.41, 5.74) is 1.41. The molecule has 0 spiro atoms. The minimum absolute atomic E-state index is 0.565. The summed E-state index contributed by atoms with van der Waals surface area (Å²) in [5, 5.41) is 0.829. The van der Waals surface area contributed by atoms with Gasteiger partial charge in [0.25, 0.3) is 0 Å². The molecule has 94 valence electrons. The summed E-state index contributed by atoms with van der Waals surface area (Å²) >= 11 is 5.95. The van der Waals surface area contributed by atoms with Gasteiger partial charge in [-0.15, -0.1) is 0 Å². The lowest BCUT2D eigenvalue weighted by Crippen LogP contribution is -2.37. The van der Waals surface area contributed by atoms with Crippen molar-refractivity contribution in [3.63, 3.8) is 0 Å². The first-order valence-corrected chi connectivity index (χ1v) is 7.08. The fourth-order valence-electron chi connectivity index (χ4n) is 2.90. The van der Waals surface area contributed by atoms with E-state index in [9.17, 15) is 0 Å². The van der Waals surface area contributed by atoms with E-state index < -0.39 is 0 Å². The van der Waals surface area contributed by atoms with E-state index in [4.69, 9.17) is 11.6 Å². The van der Waals surface area contributed by atoms with Crippen LogP contribution in [0, 0.1) is 5.92 Å². The van der Waals surface area contributed by atoms with Crippen LogP contribution in [0.2, 0.25) is 5.02 Å². The zero-order valence-electron chi connectivity index (χ0n) is 10.8. The van der Waals surface area contributed by atoms with Gasteiger partial charge in [-0.05, 0) is 49.4 Å². The Morgan fingerprint density at radius 2 is 2.06 bits per heavy atom. The molecule has 2 rings (SSSR count). The zero-order valence-corrected chi connectivity index (χ0v) is 11.6. The molecular formula is C15H22ClN. The third kappa shape index (κ3) is 3.23. The van der Waals surface area contributed by atoms with Crippen molar-refractivity contribution in [2.45, 2.75) is 39.2 Å². The molecule has 0 amide bonds. The van der Waals surface area contributed by atoms with Crippen molar-refractivity contribution in [2.75, 3.05) is 13.1 Å². The van der Waals surface area contributed by atoms with Gasteiger partial charge in [-0.3, -0.25) is 4.90 Å². The highest BCUT2D eigenvalue weighted by Crippen LogP contribution is 2.29. The molecule has 17 heavy (non-hydrogen) atoms. The van der Waals surface area contributed by atoms with Crippen molar-refractivity contribution >= 4 is 11.6 Å². The first kappa shape index (κ1) is 12.9. The van der Waals surface area contributed by atoms with E-state index in [-0.39, 0.29) is 0 Å². The molecular weight excluding hydrogens is 230 g/mol. The van der Waals surface area contributed by atoms with Crippen molar-refractivity contribution in [2.24, 2.45) is 5.92 Å². The number of nitrogens with zero attached hydrogens (tertiary/aromatic N) is 1. The fraction of sp³-hybridized carbons (Fsp3) is 0.600. The van der Waals surface area contributed by atoms with E-state index in [0.29, 0.717) is 6.04 Å². The Bertz CT molecular complexity index is 346. The van der Waals surface area contributed by atoms with Crippen molar-refractivity contribution in [3.8, 4) is 0 Å². The zero-order chi connectivity index (χ0) is 12.3. The molecule has 0 unspecified atom stereocenters. The summed E-state index contributed by atoms with van der Waals surface area (Å²) in [6.07, 6.45) is 3.90. The second-order valence-electron chi connectivity index (χ2n) is 5.22. The number of hydrogen-bond donors (Lipinski definition) is 0. The molecule has 0 radical (unpaired) electrons. The average Bonchev–Trinajstić information content (AvgIpc) is 2.33. The molecule has 1 heterocycles. The minimum Gasteiger partial charge on any atom is -0.296 e. The second-order valence-corrected chi connectivity index (χ2v) is 5.65. The Morgan fingerprint density at radius 3 is 2.65 bits per heavy atom. The second kappa shape index (κ2) is 5.88.